The fraction of sp³-hybridized carbons (Fsp3) is 0.312. The molecule has 0 radical (unpaired) electrons. The monoisotopic (exact) mass is 317 g/mol. The highest BCUT2D eigenvalue weighted by Gasteiger charge is 2.23. The van der Waals surface area contributed by atoms with Crippen LogP contribution in [0.1, 0.15) is 41.7 Å². The Morgan fingerprint density at radius 1 is 1.16 bits per heavy atom. The summed E-state index contributed by atoms with van der Waals surface area (Å²) in [6, 6.07) is 12.3. The minimum Gasteiger partial charge on any atom is -0.388 e. The Labute approximate surface area is 121 Å². The number of aromatic nitrogens is 1. The number of hydrogen-bond acceptors (Lipinski definition) is 2. The molecule has 1 heterocycles. The minimum absolute atomic E-state index is 0.484. The van der Waals surface area contributed by atoms with Crippen molar-refractivity contribution in [2.24, 2.45) is 0 Å². The molecule has 2 nitrogen and oxygen atoms in total. The average molecular weight is 318 g/mol. The average Bonchev–Trinajstić information content (AvgIpc) is 3.26. The molecule has 3 rings (SSSR count). The first-order valence-corrected chi connectivity index (χ1v) is 7.40. The van der Waals surface area contributed by atoms with E-state index in [-0.39, 0.29) is 0 Å². The number of rotatable bonds is 4. The van der Waals surface area contributed by atoms with Gasteiger partial charge in [0, 0.05) is 22.8 Å². The molecule has 1 N–H and O–H groups in total. The Balaban J connectivity index is 1.68. The van der Waals surface area contributed by atoms with Gasteiger partial charge in [0.05, 0.1) is 6.10 Å². The lowest BCUT2D eigenvalue weighted by atomic mass is 10.0. The summed E-state index contributed by atoms with van der Waals surface area (Å²) >= 11 is 3.36. The standard InChI is InChI=1S/C16H16BrNO/c17-14-7-8-15(18-10-14)9-16(19)13-5-3-12(4-6-13)11-1-2-11/h3-8,10-11,16,19H,1-2,9H2. The van der Waals surface area contributed by atoms with Crippen LogP contribution in [-0.4, -0.2) is 10.1 Å². The molecule has 1 aromatic carbocycles. The molecule has 1 saturated carbocycles. The Bertz CT molecular complexity index is 546. The van der Waals surface area contributed by atoms with E-state index in [9.17, 15) is 5.11 Å². The van der Waals surface area contributed by atoms with Crippen molar-refractivity contribution in [2.45, 2.75) is 31.3 Å². The molecule has 0 aliphatic heterocycles. The van der Waals surface area contributed by atoms with Crippen LogP contribution in [-0.2, 0) is 6.42 Å². The summed E-state index contributed by atoms with van der Waals surface area (Å²) in [4.78, 5) is 4.29. The number of pyridine rings is 1. The topological polar surface area (TPSA) is 33.1 Å². The van der Waals surface area contributed by atoms with Crippen LogP contribution in [0.25, 0.3) is 0 Å². The number of aliphatic hydroxyl groups is 1. The van der Waals surface area contributed by atoms with Crippen LogP contribution in [0, 0.1) is 0 Å². The molecule has 0 spiro atoms. The SMILES string of the molecule is OC(Cc1ccc(Br)cn1)c1ccc(C2CC2)cc1. The van der Waals surface area contributed by atoms with E-state index in [1.165, 1.54) is 18.4 Å². The highest BCUT2D eigenvalue weighted by Crippen LogP contribution is 2.40. The first kappa shape index (κ1) is 12.8. The van der Waals surface area contributed by atoms with E-state index in [0.29, 0.717) is 6.42 Å². The van der Waals surface area contributed by atoms with Crippen LogP contribution in [0.5, 0.6) is 0 Å². The first-order valence-electron chi connectivity index (χ1n) is 6.61. The van der Waals surface area contributed by atoms with Crippen molar-refractivity contribution in [3.8, 4) is 0 Å². The van der Waals surface area contributed by atoms with Gasteiger partial charge < -0.3 is 5.11 Å². The molecule has 0 saturated heterocycles. The second-order valence-electron chi connectivity index (χ2n) is 5.13. The van der Waals surface area contributed by atoms with E-state index in [1.54, 1.807) is 6.20 Å². The summed E-state index contributed by atoms with van der Waals surface area (Å²) in [5.74, 6) is 0.763. The number of halogens is 1. The van der Waals surface area contributed by atoms with Gasteiger partial charge >= 0.3 is 0 Å². The highest BCUT2D eigenvalue weighted by atomic mass is 79.9. The summed E-state index contributed by atoms with van der Waals surface area (Å²) in [5.41, 5.74) is 3.27. The van der Waals surface area contributed by atoms with Gasteiger partial charge in [0.15, 0.2) is 0 Å². The molecule has 1 aliphatic rings. The molecule has 1 aromatic heterocycles. The first-order chi connectivity index (χ1) is 9.22. The lowest BCUT2D eigenvalue weighted by Gasteiger charge is -2.11. The van der Waals surface area contributed by atoms with Crippen LogP contribution in [0.4, 0.5) is 0 Å². The molecule has 1 atom stereocenters. The summed E-state index contributed by atoms with van der Waals surface area (Å²) in [6.45, 7) is 0. The van der Waals surface area contributed by atoms with Crippen molar-refractivity contribution in [3.05, 3.63) is 63.9 Å². The molecular formula is C16H16BrNO. The predicted molar refractivity (Wildman–Crippen MR) is 79.0 cm³/mol. The molecule has 3 heteroatoms. The normalized spacial score (nSPS) is 16.3. The number of benzene rings is 1. The molecule has 1 aliphatic carbocycles. The van der Waals surface area contributed by atoms with E-state index >= 15 is 0 Å². The van der Waals surface area contributed by atoms with Gasteiger partial charge in [0.2, 0.25) is 0 Å². The molecular weight excluding hydrogens is 302 g/mol. The van der Waals surface area contributed by atoms with E-state index in [2.05, 4.69) is 33.0 Å². The summed E-state index contributed by atoms with van der Waals surface area (Å²) < 4.78 is 0.958. The van der Waals surface area contributed by atoms with Gasteiger partial charge in [-0.15, -0.1) is 0 Å². The van der Waals surface area contributed by atoms with Gasteiger partial charge in [0.25, 0.3) is 0 Å². The zero-order valence-corrected chi connectivity index (χ0v) is 12.2. The van der Waals surface area contributed by atoms with Crippen molar-refractivity contribution >= 4 is 15.9 Å². The van der Waals surface area contributed by atoms with Crippen LogP contribution in [0.15, 0.2) is 47.1 Å². The zero-order valence-electron chi connectivity index (χ0n) is 10.6. The van der Waals surface area contributed by atoms with Crippen molar-refractivity contribution in [3.63, 3.8) is 0 Å². The van der Waals surface area contributed by atoms with E-state index in [1.807, 2.05) is 24.3 Å². The van der Waals surface area contributed by atoms with Gasteiger partial charge in [-0.3, -0.25) is 4.98 Å². The maximum Gasteiger partial charge on any atom is 0.0845 e. The summed E-state index contributed by atoms with van der Waals surface area (Å²) in [7, 11) is 0. The molecule has 19 heavy (non-hydrogen) atoms. The highest BCUT2D eigenvalue weighted by molar-refractivity contribution is 9.10. The Hall–Kier alpha value is -1.19. The van der Waals surface area contributed by atoms with E-state index in [0.717, 1.165) is 21.6 Å². The third-order valence-electron chi connectivity index (χ3n) is 3.56. The fourth-order valence-electron chi connectivity index (χ4n) is 2.25. The Morgan fingerprint density at radius 3 is 2.47 bits per heavy atom. The van der Waals surface area contributed by atoms with Gasteiger partial charge in [-0.1, -0.05) is 24.3 Å². The van der Waals surface area contributed by atoms with Crippen molar-refractivity contribution < 1.29 is 5.11 Å². The molecule has 1 fully saturated rings. The Morgan fingerprint density at radius 2 is 1.89 bits per heavy atom. The van der Waals surface area contributed by atoms with Gasteiger partial charge in [-0.05, 0) is 57.9 Å². The molecule has 1 unspecified atom stereocenters. The third kappa shape index (κ3) is 3.23. The number of nitrogens with zero attached hydrogens (tertiary/aromatic N) is 1. The van der Waals surface area contributed by atoms with E-state index < -0.39 is 6.10 Å². The lowest BCUT2D eigenvalue weighted by molar-refractivity contribution is 0.177. The van der Waals surface area contributed by atoms with Crippen molar-refractivity contribution in [1.82, 2.24) is 4.98 Å². The molecule has 2 aromatic rings. The van der Waals surface area contributed by atoms with Crippen LogP contribution in [0.3, 0.4) is 0 Å². The maximum atomic E-state index is 10.2. The number of aliphatic hydroxyl groups excluding tert-OH is 1. The Kier molecular flexibility index (Phi) is 3.67. The van der Waals surface area contributed by atoms with Crippen LogP contribution >= 0.6 is 15.9 Å². The van der Waals surface area contributed by atoms with Gasteiger partial charge in [-0.25, -0.2) is 0 Å². The van der Waals surface area contributed by atoms with Crippen LogP contribution < -0.4 is 0 Å². The third-order valence-corrected chi connectivity index (χ3v) is 4.03. The fourth-order valence-corrected chi connectivity index (χ4v) is 2.48. The molecule has 0 bridgehead atoms. The van der Waals surface area contributed by atoms with Crippen LogP contribution in [0.2, 0.25) is 0 Å². The quantitative estimate of drug-likeness (QED) is 0.924. The largest absolute Gasteiger partial charge is 0.388 e. The molecule has 0 amide bonds. The summed E-state index contributed by atoms with van der Waals surface area (Å²) in [5, 5.41) is 10.2. The second-order valence-corrected chi connectivity index (χ2v) is 6.04. The minimum atomic E-state index is -0.484. The van der Waals surface area contributed by atoms with E-state index in [4.69, 9.17) is 0 Å². The zero-order chi connectivity index (χ0) is 13.2. The summed E-state index contributed by atoms with van der Waals surface area (Å²) in [6.07, 6.45) is 4.45. The maximum absolute atomic E-state index is 10.2. The second kappa shape index (κ2) is 5.43. The number of hydrogen-bond donors (Lipinski definition) is 1. The predicted octanol–water partition coefficient (Wildman–Crippen LogP) is 4.00. The van der Waals surface area contributed by atoms with Gasteiger partial charge in [0.1, 0.15) is 0 Å². The van der Waals surface area contributed by atoms with Gasteiger partial charge in [-0.2, -0.15) is 0 Å². The lowest BCUT2D eigenvalue weighted by Crippen LogP contribution is -2.03. The van der Waals surface area contributed by atoms with Crippen molar-refractivity contribution in [2.75, 3.05) is 0 Å². The smallest absolute Gasteiger partial charge is 0.0845 e. The van der Waals surface area contributed by atoms with Crippen molar-refractivity contribution in [1.29, 1.82) is 0 Å². The molecule has 98 valence electrons.